The highest BCUT2D eigenvalue weighted by Crippen LogP contribution is 2.36. The first kappa shape index (κ1) is 20.3. The Balaban J connectivity index is 1.52. The molecule has 1 unspecified atom stereocenters. The predicted octanol–water partition coefficient (Wildman–Crippen LogP) is 3.51. The Hall–Kier alpha value is -2.00. The summed E-state index contributed by atoms with van der Waals surface area (Å²) in [6, 6.07) is 9.38. The molecule has 3 aromatic rings. The normalized spacial score (nSPS) is 19.7. The summed E-state index contributed by atoms with van der Waals surface area (Å²) in [7, 11) is 3.62. The number of hydrogen-bond donors (Lipinski definition) is 1. The number of likely N-dealkylation sites (tertiary alicyclic amines) is 1. The van der Waals surface area contributed by atoms with Crippen LogP contribution in [0.15, 0.2) is 35.4 Å². The molecule has 1 saturated heterocycles. The van der Waals surface area contributed by atoms with Crippen molar-refractivity contribution < 1.29 is 14.6 Å². The Bertz CT molecular complexity index is 1070. The van der Waals surface area contributed by atoms with Crippen LogP contribution < -0.4 is 4.74 Å². The average Bonchev–Trinajstić information content (AvgIpc) is 3.33. The summed E-state index contributed by atoms with van der Waals surface area (Å²) in [4.78, 5) is 25.4. The van der Waals surface area contributed by atoms with Crippen molar-refractivity contribution in [1.29, 1.82) is 0 Å². The zero-order chi connectivity index (χ0) is 20.6. The van der Waals surface area contributed by atoms with Crippen molar-refractivity contribution in [3.63, 3.8) is 0 Å². The highest BCUT2D eigenvalue weighted by molar-refractivity contribution is 8.00. The summed E-state index contributed by atoms with van der Waals surface area (Å²) in [6.07, 6.45) is 0.695. The molecule has 152 valence electrons. The van der Waals surface area contributed by atoms with Crippen LogP contribution >= 0.6 is 23.1 Å². The summed E-state index contributed by atoms with van der Waals surface area (Å²) in [6.45, 7) is 3.31. The van der Waals surface area contributed by atoms with E-state index < -0.39 is 5.60 Å². The van der Waals surface area contributed by atoms with E-state index in [4.69, 9.17) is 4.74 Å². The number of fused-ring (bicyclic) bond motifs is 1. The molecule has 1 aliphatic heterocycles. The number of carbonyl (C=O) groups is 1. The Morgan fingerprint density at radius 1 is 1.34 bits per heavy atom. The predicted molar refractivity (Wildman–Crippen MR) is 116 cm³/mol. The first-order valence-corrected chi connectivity index (χ1v) is 11.2. The van der Waals surface area contributed by atoms with Crippen molar-refractivity contribution >= 4 is 39.8 Å². The molecule has 0 radical (unpaired) electrons. The van der Waals surface area contributed by atoms with Gasteiger partial charge in [0.1, 0.15) is 22.2 Å². The zero-order valence-corrected chi connectivity index (χ0v) is 18.3. The van der Waals surface area contributed by atoms with Gasteiger partial charge < -0.3 is 14.7 Å². The lowest BCUT2D eigenvalue weighted by molar-refractivity contribution is 0.0526. The lowest BCUT2D eigenvalue weighted by atomic mass is 10.0. The second-order valence-corrected chi connectivity index (χ2v) is 9.40. The van der Waals surface area contributed by atoms with Crippen LogP contribution in [0.3, 0.4) is 0 Å². The van der Waals surface area contributed by atoms with Gasteiger partial charge in [0.15, 0.2) is 5.78 Å². The molecular formula is C21H23N3O3S2. The lowest BCUT2D eigenvalue weighted by Gasteiger charge is -2.20. The van der Waals surface area contributed by atoms with Gasteiger partial charge in [-0.1, -0.05) is 11.8 Å². The molecule has 0 amide bonds. The molecule has 0 saturated carbocycles. The van der Waals surface area contributed by atoms with Crippen molar-refractivity contribution in [3.05, 3.63) is 45.9 Å². The number of likely N-dealkylation sites (N-methyl/N-ethyl adjacent to an activating group) is 1. The third-order valence-electron chi connectivity index (χ3n) is 5.10. The minimum atomic E-state index is -0.846. The molecule has 1 aliphatic rings. The van der Waals surface area contributed by atoms with Gasteiger partial charge in [-0.15, -0.1) is 11.3 Å². The van der Waals surface area contributed by atoms with Gasteiger partial charge in [-0.2, -0.15) is 0 Å². The topological polar surface area (TPSA) is 75.5 Å². The third-order valence-corrected chi connectivity index (χ3v) is 7.41. The smallest absolute Gasteiger partial charge is 0.183 e. The van der Waals surface area contributed by atoms with E-state index >= 15 is 0 Å². The molecule has 29 heavy (non-hydrogen) atoms. The highest BCUT2D eigenvalue weighted by Gasteiger charge is 2.37. The number of benzene rings is 1. The minimum Gasteiger partial charge on any atom is -0.497 e. The van der Waals surface area contributed by atoms with E-state index in [0.717, 1.165) is 33.1 Å². The van der Waals surface area contributed by atoms with Gasteiger partial charge in [-0.3, -0.25) is 4.79 Å². The molecule has 0 aliphatic carbocycles. The Kier molecular flexibility index (Phi) is 5.61. The monoisotopic (exact) mass is 429 g/mol. The number of thiophene rings is 1. The molecule has 3 heterocycles. The number of Topliss-reactive ketones (excluding diaryl/α,β-unsaturated/α-hetero) is 1. The number of aryl methyl sites for hydroxylation is 1. The molecule has 2 aromatic heterocycles. The standard InChI is InChI=1S/C21H23N3O3S2/c1-13-22-16-5-4-14(27-3)10-15(16)20(23-13)28-11-17(25)18-6-7-19(29-18)21(26)8-9-24(2)12-21/h4-7,10,26H,8-9,11-12H2,1-3H3. The molecule has 4 rings (SSSR count). The van der Waals surface area contributed by atoms with E-state index in [-0.39, 0.29) is 11.5 Å². The van der Waals surface area contributed by atoms with Crippen LogP contribution in [0.2, 0.25) is 0 Å². The average molecular weight is 430 g/mol. The largest absolute Gasteiger partial charge is 0.497 e. The van der Waals surface area contributed by atoms with Gasteiger partial charge in [0, 0.05) is 23.4 Å². The number of nitrogens with zero attached hydrogens (tertiary/aromatic N) is 3. The van der Waals surface area contributed by atoms with E-state index in [1.165, 1.54) is 23.1 Å². The molecule has 1 aromatic carbocycles. The molecule has 8 heteroatoms. The second kappa shape index (κ2) is 8.02. The van der Waals surface area contributed by atoms with E-state index in [0.29, 0.717) is 23.7 Å². The van der Waals surface area contributed by atoms with E-state index in [9.17, 15) is 9.90 Å². The van der Waals surface area contributed by atoms with Crippen LogP contribution in [0.4, 0.5) is 0 Å². The Morgan fingerprint density at radius 2 is 2.17 bits per heavy atom. The highest BCUT2D eigenvalue weighted by atomic mass is 32.2. The van der Waals surface area contributed by atoms with Gasteiger partial charge in [0.2, 0.25) is 0 Å². The summed E-state index contributed by atoms with van der Waals surface area (Å²) in [5.41, 5.74) is -0.0130. The van der Waals surface area contributed by atoms with Crippen LogP contribution in [0.1, 0.15) is 26.8 Å². The number of β-amino-alcohol motifs (C(OH)–C–C–N with tert-alkyl or cyclic N) is 1. The molecule has 1 fully saturated rings. The van der Waals surface area contributed by atoms with E-state index in [1.807, 2.05) is 44.3 Å². The van der Waals surface area contributed by atoms with Crippen LogP contribution in [0.5, 0.6) is 5.75 Å². The van der Waals surface area contributed by atoms with Crippen LogP contribution in [0.25, 0.3) is 10.9 Å². The lowest BCUT2D eigenvalue weighted by Crippen LogP contribution is -2.27. The van der Waals surface area contributed by atoms with Gasteiger partial charge in [0.25, 0.3) is 0 Å². The molecule has 1 atom stereocenters. The Labute approximate surface area is 177 Å². The number of ketones is 1. The maximum Gasteiger partial charge on any atom is 0.183 e. The minimum absolute atomic E-state index is 0.0357. The number of thioether (sulfide) groups is 1. The SMILES string of the molecule is COc1ccc2nc(C)nc(SCC(=O)c3ccc(C4(O)CCN(C)C4)s3)c2c1. The van der Waals surface area contributed by atoms with Crippen LogP contribution in [-0.4, -0.2) is 58.8 Å². The number of hydrogen-bond acceptors (Lipinski definition) is 8. The molecule has 0 spiro atoms. The van der Waals surface area contributed by atoms with Gasteiger partial charge in [-0.05, 0) is 50.7 Å². The third kappa shape index (κ3) is 4.16. The number of rotatable bonds is 6. The van der Waals surface area contributed by atoms with E-state index in [1.54, 1.807) is 7.11 Å². The number of methoxy groups -OCH3 is 1. The summed E-state index contributed by atoms with van der Waals surface area (Å²) in [5, 5.41) is 12.5. The van der Waals surface area contributed by atoms with Gasteiger partial charge in [0.05, 0.1) is 23.3 Å². The fourth-order valence-corrected chi connectivity index (χ4v) is 5.63. The first-order chi connectivity index (χ1) is 13.9. The molecule has 0 bridgehead atoms. The fraction of sp³-hybridized carbons (Fsp3) is 0.381. The fourth-order valence-electron chi connectivity index (χ4n) is 3.55. The summed E-state index contributed by atoms with van der Waals surface area (Å²) >= 11 is 2.80. The van der Waals surface area contributed by atoms with Crippen molar-refractivity contribution in [2.75, 3.05) is 33.0 Å². The number of aromatic nitrogens is 2. The molecular weight excluding hydrogens is 406 g/mol. The van der Waals surface area contributed by atoms with Crippen molar-refractivity contribution in [3.8, 4) is 5.75 Å². The second-order valence-electron chi connectivity index (χ2n) is 7.35. The molecule has 6 nitrogen and oxygen atoms in total. The maximum absolute atomic E-state index is 12.8. The van der Waals surface area contributed by atoms with E-state index in [2.05, 4.69) is 14.9 Å². The van der Waals surface area contributed by atoms with Gasteiger partial charge >= 0.3 is 0 Å². The van der Waals surface area contributed by atoms with Crippen molar-refractivity contribution in [2.45, 2.75) is 24.0 Å². The number of carbonyl (C=O) groups excluding carboxylic acids is 1. The summed E-state index contributed by atoms with van der Waals surface area (Å²) in [5.74, 6) is 1.72. The van der Waals surface area contributed by atoms with Crippen molar-refractivity contribution in [1.82, 2.24) is 14.9 Å². The first-order valence-electron chi connectivity index (χ1n) is 9.37. The van der Waals surface area contributed by atoms with Gasteiger partial charge in [-0.25, -0.2) is 9.97 Å². The molecule has 1 N–H and O–H groups in total. The van der Waals surface area contributed by atoms with Crippen LogP contribution in [0, 0.1) is 6.92 Å². The summed E-state index contributed by atoms with van der Waals surface area (Å²) < 4.78 is 5.31. The quantitative estimate of drug-likeness (QED) is 0.365. The number of aliphatic hydroxyl groups is 1. The van der Waals surface area contributed by atoms with Crippen molar-refractivity contribution in [2.24, 2.45) is 0 Å². The Morgan fingerprint density at radius 3 is 2.90 bits per heavy atom. The zero-order valence-electron chi connectivity index (χ0n) is 16.6. The number of ether oxygens (including phenoxy) is 1. The maximum atomic E-state index is 12.8. The van der Waals surface area contributed by atoms with Crippen LogP contribution in [-0.2, 0) is 5.60 Å².